The van der Waals surface area contributed by atoms with Crippen LogP contribution >= 0.6 is 28.1 Å². The molecule has 0 aromatic heterocycles. The third-order valence-electron chi connectivity index (χ3n) is 3.98. The summed E-state index contributed by atoms with van der Waals surface area (Å²) in [6.45, 7) is 0. The van der Waals surface area contributed by atoms with Crippen molar-refractivity contribution in [3.05, 3.63) is 34.1 Å². The number of nitrogens with one attached hydrogen (secondary N) is 1. The van der Waals surface area contributed by atoms with E-state index in [1.165, 1.54) is 12.1 Å². The summed E-state index contributed by atoms with van der Waals surface area (Å²) in [6, 6.07) is 4.39. The summed E-state index contributed by atoms with van der Waals surface area (Å²) in [5.74, 6) is -0.816. The van der Waals surface area contributed by atoms with Crippen LogP contribution in [0.15, 0.2) is 22.7 Å². The van der Waals surface area contributed by atoms with Crippen LogP contribution in [-0.2, 0) is 0 Å². The Hall–Kier alpha value is -1.01. The molecule has 1 aliphatic rings. The van der Waals surface area contributed by atoms with E-state index in [9.17, 15) is 9.18 Å². The number of halogens is 2. The average molecular weight is 373 g/mol. The van der Waals surface area contributed by atoms with Crippen molar-refractivity contribution in [3.63, 3.8) is 0 Å². The summed E-state index contributed by atoms with van der Waals surface area (Å²) in [5, 5.41) is 2.95. The molecule has 0 heterocycles. The highest BCUT2D eigenvalue weighted by molar-refractivity contribution is 9.10. The van der Waals surface area contributed by atoms with Crippen LogP contribution in [-0.4, -0.2) is 16.4 Å². The molecular weight excluding hydrogens is 355 g/mol. The fourth-order valence-corrected chi connectivity index (χ4v) is 3.43. The predicted octanol–water partition coefficient (Wildman–Crippen LogP) is 3.70. The van der Waals surface area contributed by atoms with Gasteiger partial charge in [-0.25, -0.2) is 4.39 Å². The Morgan fingerprint density at radius 1 is 1.29 bits per heavy atom. The Kier molecular flexibility index (Phi) is 5.32. The van der Waals surface area contributed by atoms with Crippen LogP contribution < -0.4 is 11.1 Å². The number of hydrogen-bond donors (Lipinski definition) is 2. The van der Waals surface area contributed by atoms with E-state index in [2.05, 4.69) is 21.2 Å². The van der Waals surface area contributed by atoms with Crippen molar-refractivity contribution < 1.29 is 9.18 Å². The van der Waals surface area contributed by atoms with Crippen molar-refractivity contribution in [2.75, 3.05) is 0 Å². The van der Waals surface area contributed by atoms with Crippen LogP contribution in [0.25, 0.3) is 0 Å². The minimum absolute atomic E-state index is 0.161. The quantitative estimate of drug-likeness (QED) is 0.628. The van der Waals surface area contributed by atoms with Crippen molar-refractivity contribution in [3.8, 4) is 0 Å². The molecule has 6 heteroatoms. The minimum Gasteiger partial charge on any atom is -0.391 e. The number of carbonyl (C=O) groups is 1. The monoisotopic (exact) mass is 372 g/mol. The van der Waals surface area contributed by atoms with Gasteiger partial charge in [-0.1, -0.05) is 44.0 Å². The molecule has 1 saturated carbocycles. The largest absolute Gasteiger partial charge is 0.391 e. The van der Waals surface area contributed by atoms with Crippen molar-refractivity contribution in [2.45, 2.75) is 44.1 Å². The maximum Gasteiger partial charge on any atom is 0.253 e. The Morgan fingerprint density at radius 2 is 1.90 bits per heavy atom. The fraction of sp³-hybridized carbons (Fsp3) is 0.467. The van der Waals surface area contributed by atoms with E-state index in [1.54, 1.807) is 6.07 Å². The SMILES string of the molecule is NC(=S)C1(NC(=O)c2cccc(F)c2Br)CCCCCC1. The van der Waals surface area contributed by atoms with E-state index in [1.807, 2.05) is 0 Å². The smallest absolute Gasteiger partial charge is 0.253 e. The maximum absolute atomic E-state index is 13.6. The number of amides is 1. The topological polar surface area (TPSA) is 55.1 Å². The van der Waals surface area contributed by atoms with Gasteiger partial charge in [-0.2, -0.15) is 0 Å². The van der Waals surface area contributed by atoms with Crippen LogP contribution in [0.4, 0.5) is 4.39 Å². The van der Waals surface area contributed by atoms with Crippen LogP contribution in [0.1, 0.15) is 48.9 Å². The Bertz CT molecular complexity index is 557. The molecule has 21 heavy (non-hydrogen) atoms. The van der Waals surface area contributed by atoms with Gasteiger partial charge in [0.05, 0.1) is 20.6 Å². The van der Waals surface area contributed by atoms with Crippen molar-refractivity contribution in [1.82, 2.24) is 5.32 Å². The molecule has 2 rings (SSSR count). The number of benzene rings is 1. The van der Waals surface area contributed by atoms with E-state index in [-0.39, 0.29) is 15.9 Å². The van der Waals surface area contributed by atoms with E-state index < -0.39 is 11.4 Å². The zero-order valence-corrected chi connectivity index (χ0v) is 14.0. The zero-order valence-electron chi connectivity index (χ0n) is 11.6. The first-order valence-electron chi connectivity index (χ1n) is 7.03. The van der Waals surface area contributed by atoms with Crippen molar-refractivity contribution >= 4 is 39.0 Å². The molecule has 1 amide bonds. The third-order valence-corrected chi connectivity index (χ3v) is 5.17. The predicted molar refractivity (Wildman–Crippen MR) is 88.8 cm³/mol. The van der Waals surface area contributed by atoms with Gasteiger partial charge in [0, 0.05) is 0 Å². The number of hydrogen-bond acceptors (Lipinski definition) is 2. The molecule has 0 atom stereocenters. The van der Waals surface area contributed by atoms with Crippen LogP contribution in [0.3, 0.4) is 0 Å². The molecule has 3 nitrogen and oxygen atoms in total. The first-order valence-corrected chi connectivity index (χ1v) is 8.23. The fourth-order valence-electron chi connectivity index (χ4n) is 2.73. The second-order valence-electron chi connectivity index (χ2n) is 5.42. The summed E-state index contributed by atoms with van der Waals surface area (Å²) in [6.07, 6.45) is 5.65. The van der Waals surface area contributed by atoms with Crippen molar-refractivity contribution in [2.24, 2.45) is 5.73 Å². The molecule has 1 aliphatic carbocycles. The minimum atomic E-state index is -0.658. The Labute approximate surface area is 137 Å². The zero-order chi connectivity index (χ0) is 15.5. The highest BCUT2D eigenvalue weighted by Crippen LogP contribution is 2.29. The molecule has 3 N–H and O–H groups in total. The number of nitrogens with two attached hydrogens (primary N) is 1. The van der Waals surface area contributed by atoms with E-state index >= 15 is 0 Å². The molecule has 0 aliphatic heterocycles. The second kappa shape index (κ2) is 6.83. The van der Waals surface area contributed by atoms with Crippen LogP contribution in [0.5, 0.6) is 0 Å². The molecule has 1 aromatic rings. The van der Waals surface area contributed by atoms with Gasteiger partial charge in [0.1, 0.15) is 5.82 Å². The summed E-state index contributed by atoms with van der Waals surface area (Å²) in [7, 11) is 0. The highest BCUT2D eigenvalue weighted by atomic mass is 79.9. The standard InChI is InChI=1S/C15H18BrFN2OS/c16-12-10(6-5-7-11(12)17)13(20)19-15(14(18)21)8-3-1-2-4-9-15/h5-7H,1-4,8-9H2,(H2,18,21)(H,19,20). The summed E-state index contributed by atoms with van der Waals surface area (Å²) < 4.78 is 13.7. The van der Waals surface area contributed by atoms with Gasteiger partial charge in [0.15, 0.2) is 0 Å². The van der Waals surface area contributed by atoms with Gasteiger partial charge in [-0.05, 0) is 40.9 Å². The molecule has 1 aromatic carbocycles. The van der Waals surface area contributed by atoms with Gasteiger partial charge < -0.3 is 11.1 Å². The summed E-state index contributed by atoms with van der Waals surface area (Å²) >= 11 is 8.31. The lowest BCUT2D eigenvalue weighted by molar-refractivity contribution is 0.0916. The lowest BCUT2D eigenvalue weighted by Gasteiger charge is -2.33. The first kappa shape index (κ1) is 16.4. The number of rotatable bonds is 3. The van der Waals surface area contributed by atoms with Crippen molar-refractivity contribution in [1.29, 1.82) is 0 Å². The number of thiocarbonyl (C=S) groups is 1. The molecule has 1 fully saturated rings. The molecule has 0 bridgehead atoms. The average Bonchev–Trinajstić information content (AvgIpc) is 2.68. The summed E-state index contributed by atoms with van der Waals surface area (Å²) in [4.78, 5) is 12.8. The van der Waals surface area contributed by atoms with Gasteiger partial charge in [-0.3, -0.25) is 4.79 Å². The van der Waals surface area contributed by atoms with E-state index in [0.717, 1.165) is 38.5 Å². The second-order valence-corrected chi connectivity index (χ2v) is 6.65. The lowest BCUT2D eigenvalue weighted by Crippen LogP contribution is -2.56. The van der Waals surface area contributed by atoms with Crippen LogP contribution in [0, 0.1) is 5.82 Å². The lowest BCUT2D eigenvalue weighted by atomic mass is 9.89. The third kappa shape index (κ3) is 3.61. The van der Waals surface area contributed by atoms with Crippen LogP contribution in [0.2, 0.25) is 0 Å². The van der Waals surface area contributed by atoms with Gasteiger partial charge in [0.25, 0.3) is 5.91 Å². The summed E-state index contributed by atoms with van der Waals surface area (Å²) in [5.41, 5.74) is 5.50. The van der Waals surface area contributed by atoms with Gasteiger partial charge in [0.2, 0.25) is 0 Å². The van der Waals surface area contributed by atoms with Gasteiger partial charge in [-0.15, -0.1) is 0 Å². The molecule has 0 radical (unpaired) electrons. The molecule has 0 unspecified atom stereocenters. The highest BCUT2D eigenvalue weighted by Gasteiger charge is 2.36. The molecule has 0 saturated heterocycles. The van der Waals surface area contributed by atoms with E-state index in [0.29, 0.717) is 4.99 Å². The molecule has 0 spiro atoms. The Morgan fingerprint density at radius 3 is 2.48 bits per heavy atom. The molecular formula is C15H18BrFN2OS. The normalized spacial score (nSPS) is 17.8. The molecule has 114 valence electrons. The Balaban J connectivity index is 2.26. The first-order chi connectivity index (χ1) is 9.96. The number of carbonyl (C=O) groups excluding carboxylic acids is 1. The maximum atomic E-state index is 13.6. The van der Waals surface area contributed by atoms with E-state index in [4.69, 9.17) is 18.0 Å². The van der Waals surface area contributed by atoms with Gasteiger partial charge >= 0.3 is 0 Å².